The number of amides is 1. The molecule has 0 radical (unpaired) electrons. The second-order valence-corrected chi connectivity index (χ2v) is 11.9. The van der Waals surface area contributed by atoms with Gasteiger partial charge in [-0.25, -0.2) is 13.4 Å². The molecule has 0 spiro atoms. The summed E-state index contributed by atoms with van der Waals surface area (Å²) in [5.41, 5.74) is 0.685. The van der Waals surface area contributed by atoms with E-state index in [2.05, 4.69) is 5.10 Å². The van der Waals surface area contributed by atoms with E-state index in [9.17, 15) is 13.2 Å². The molecule has 0 bridgehead atoms. The highest BCUT2D eigenvalue weighted by atomic mass is 32.2. The number of nitrogens with zero attached hydrogens (tertiary/aromatic N) is 2. The quantitative estimate of drug-likeness (QED) is 0.675. The predicted octanol–water partition coefficient (Wildman–Crippen LogP) is 3.67. The Bertz CT molecular complexity index is 966. The zero-order valence-corrected chi connectivity index (χ0v) is 17.8. The molecule has 2 aliphatic heterocycles. The summed E-state index contributed by atoms with van der Waals surface area (Å²) in [5.74, 6) is -0.0621. The first kappa shape index (κ1) is 19.5. The molecule has 28 heavy (non-hydrogen) atoms. The van der Waals surface area contributed by atoms with E-state index < -0.39 is 13.9 Å². The van der Waals surface area contributed by atoms with Crippen molar-refractivity contribution in [3.63, 3.8) is 0 Å². The lowest BCUT2D eigenvalue weighted by Gasteiger charge is -2.28. The third-order valence-corrected chi connectivity index (χ3v) is 9.57. The van der Waals surface area contributed by atoms with Gasteiger partial charge in [-0.3, -0.25) is 4.79 Å². The van der Waals surface area contributed by atoms with Crippen molar-refractivity contribution < 1.29 is 13.2 Å². The van der Waals surface area contributed by atoms with E-state index in [0.29, 0.717) is 12.1 Å². The molecule has 8 heteroatoms. The molecule has 0 aliphatic carbocycles. The molecule has 1 fully saturated rings. The van der Waals surface area contributed by atoms with Gasteiger partial charge >= 0.3 is 0 Å². The van der Waals surface area contributed by atoms with Crippen molar-refractivity contribution in [1.82, 2.24) is 5.01 Å². The van der Waals surface area contributed by atoms with Gasteiger partial charge < -0.3 is 0 Å². The Morgan fingerprint density at radius 3 is 2.00 bits per heavy atom. The monoisotopic (exact) mass is 432 g/mol. The number of sulfone groups is 1. The van der Waals surface area contributed by atoms with E-state index in [4.69, 9.17) is 0 Å². The highest BCUT2D eigenvalue weighted by Crippen LogP contribution is 2.51. The van der Waals surface area contributed by atoms with Crippen LogP contribution in [-0.2, 0) is 14.6 Å². The maximum Gasteiger partial charge on any atom is 0.276 e. The minimum absolute atomic E-state index is 0.0163. The Kier molecular flexibility index (Phi) is 5.28. The molecular formula is C20H20N2O3S3. The van der Waals surface area contributed by atoms with Crippen LogP contribution in [0.25, 0.3) is 0 Å². The number of hydrogen-bond donors (Lipinski definition) is 0. The summed E-state index contributed by atoms with van der Waals surface area (Å²) in [6.45, 7) is 1.85. The molecule has 1 amide bonds. The molecule has 0 aromatic heterocycles. The summed E-state index contributed by atoms with van der Waals surface area (Å²) in [7, 11) is -3.11. The summed E-state index contributed by atoms with van der Waals surface area (Å²) in [5, 5.41) is 5.98. The van der Waals surface area contributed by atoms with Crippen LogP contribution in [0.15, 0.2) is 75.6 Å². The van der Waals surface area contributed by atoms with Crippen LogP contribution in [0, 0.1) is 0 Å². The summed E-state index contributed by atoms with van der Waals surface area (Å²) in [6.07, 6.45) is 0.437. The summed E-state index contributed by atoms with van der Waals surface area (Å²) in [4.78, 5) is 15.6. The van der Waals surface area contributed by atoms with E-state index in [-0.39, 0.29) is 23.5 Å². The minimum atomic E-state index is -3.11. The predicted molar refractivity (Wildman–Crippen MR) is 114 cm³/mol. The van der Waals surface area contributed by atoms with Crippen molar-refractivity contribution in [2.75, 3.05) is 11.5 Å². The lowest BCUT2D eigenvalue weighted by molar-refractivity contribution is -0.130. The van der Waals surface area contributed by atoms with Crippen LogP contribution in [-0.4, -0.2) is 46.7 Å². The first-order valence-corrected chi connectivity index (χ1v) is 12.4. The van der Waals surface area contributed by atoms with Crippen molar-refractivity contribution >= 4 is 45.0 Å². The molecule has 5 nitrogen and oxygen atoms in total. The molecular weight excluding hydrogens is 412 g/mol. The molecule has 2 aliphatic rings. The molecule has 1 saturated heterocycles. The zero-order valence-electron chi connectivity index (χ0n) is 15.3. The molecule has 146 valence electrons. The van der Waals surface area contributed by atoms with Crippen LogP contribution in [0.2, 0.25) is 0 Å². The van der Waals surface area contributed by atoms with E-state index in [1.54, 1.807) is 0 Å². The lowest BCUT2D eigenvalue weighted by Crippen LogP contribution is -2.44. The van der Waals surface area contributed by atoms with Gasteiger partial charge in [0.15, 0.2) is 13.9 Å². The van der Waals surface area contributed by atoms with Crippen molar-refractivity contribution in [2.45, 2.75) is 33.3 Å². The number of thioether (sulfide) groups is 2. The topological polar surface area (TPSA) is 66.8 Å². The van der Waals surface area contributed by atoms with E-state index in [0.717, 1.165) is 9.79 Å². The number of carbonyl (C=O) groups excluding carboxylic acids is 1. The number of hydrazone groups is 1. The van der Waals surface area contributed by atoms with Gasteiger partial charge in [0.1, 0.15) is 0 Å². The van der Waals surface area contributed by atoms with Gasteiger partial charge in [-0.1, -0.05) is 59.9 Å². The fourth-order valence-corrected chi connectivity index (χ4v) is 7.78. The van der Waals surface area contributed by atoms with Gasteiger partial charge in [0.25, 0.3) is 5.91 Å². The molecule has 0 saturated carbocycles. The summed E-state index contributed by atoms with van der Waals surface area (Å²) < 4.78 is 22.9. The summed E-state index contributed by atoms with van der Waals surface area (Å²) in [6, 6.07) is 19.1. The van der Waals surface area contributed by atoms with E-state index in [1.807, 2.05) is 67.6 Å². The molecule has 2 heterocycles. The van der Waals surface area contributed by atoms with Crippen LogP contribution in [0.3, 0.4) is 0 Å². The standard InChI is InChI=1S/C20H20N2O3S3/c1-15-20(26-17-8-4-2-5-9-17,27-18-10-6-3-7-11-18)19(23)22(21-15)16-12-13-28(24,25)14-16/h2-11,16H,12-14H2,1H3/t16-/m1/s1. The average Bonchev–Trinajstić information content (AvgIpc) is 3.15. The molecule has 4 rings (SSSR count). The second-order valence-electron chi connectivity index (χ2n) is 6.84. The average molecular weight is 433 g/mol. The van der Waals surface area contributed by atoms with Crippen molar-refractivity contribution in [3.8, 4) is 0 Å². The van der Waals surface area contributed by atoms with E-state index in [1.165, 1.54) is 28.5 Å². The number of carbonyl (C=O) groups is 1. The second kappa shape index (κ2) is 7.57. The van der Waals surface area contributed by atoms with Crippen LogP contribution < -0.4 is 0 Å². The zero-order chi connectivity index (χ0) is 19.8. The Morgan fingerprint density at radius 2 is 1.54 bits per heavy atom. The van der Waals surface area contributed by atoms with Crippen molar-refractivity contribution in [2.24, 2.45) is 5.10 Å². The molecule has 2 aromatic carbocycles. The molecule has 0 N–H and O–H groups in total. The van der Waals surface area contributed by atoms with Gasteiger partial charge in [-0.15, -0.1) is 0 Å². The smallest absolute Gasteiger partial charge is 0.270 e. The number of benzene rings is 2. The van der Waals surface area contributed by atoms with Gasteiger partial charge in [0, 0.05) is 9.79 Å². The van der Waals surface area contributed by atoms with Gasteiger partial charge in [0.05, 0.1) is 23.3 Å². The number of hydrogen-bond acceptors (Lipinski definition) is 6. The third kappa shape index (κ3) is 3.73. The Labute approximate surface area is 173 Å². The van der Waals surface area contributed by atoms with E-state index >= 15 is 0 Å². The van der Waals surface area contributed by atoms with Crippen LogP contribution in [0.4, 0.5) is 0 Å². The van der Waals surface area contributed by atoms with Gasteiger partial charge in [-0.05, 0) is 37.6 Å². The fraction of sp³-hybridized carbons (Fsp3) is 0.300. The molecule has 2 aromatic rings. The third-order valence-electron chi connectivity index (χ3n) is 4.79. The van der Waals surface area contributed by atoms with Crippen LogP contribution in [0.1, 0.15) is 13.3 Å². The van der Waals surface area contributed by atoms with Crippen LogP contribution in [0.5, 0.6) is 0 Å². The Morgan fingerprint density at radius 1 is 1.00 bits per heavy atom. The summed E-state index contributed by atoms with van der Waals surface area (Å²) >= 11 is 2.93. The number of rotatable bonds is 5. The first-order valence-electron chi connectivity index (χ1n) is 8.97. The van der Waals surface area contributed by atoms with Gasteiger partial charge in [0.2, 0.25) is 0 Å². The normalized spacial score (nSPS) is 23.0. The first-order chi connectivity index (χ1) is 13.4. The fourth-order valence-electron chi connectivity index (χ4n) is 3.36. The minimum Gasteiger partial charge on any atom is -0.270 e. The van der Waals surface area contributed by atoms with Crippen molar-refractivity contribution in [3.05, 3.63) is 60.7 Å². The highest BCUT2D eigenvalue weighted by Gasteiger charge is 2.54. The van der Waals surface area contributed by atoms with Gasteiger partial charge in [-0.2, -0.15) is 5.10 Å². The SMILES string of the molecule is CC1=NN([C@@H]2CCS(=O)(=O)C2)C(=O)C1(Sc1ccccc1)Sc1ccccc1. The van der Waals surface area contributed by atoms with Crippen molar-refractivity contribution in [1.29, 1.82) is 0 Å². The Balaban J connectivity index is 1.70. The highest BCUT2D eigenvalue weighted by molar-refractivity contribution is 8.20. The lowest BCUT2D eigenvalue weighted by atomic mass is 10.2. The maximum absolute atomic E-state index is 13.6. The Hall–Kier alpha value is -1.77. The largest absolute Gasteiger partial charge is 0.276 e. The maximum atomic E-state index is 13.6. The molecule has 1 atom stereocenters. The molecule has 0 unspecified atom stereocenters. The van der Waals surface area contributed by atoms with Crippen LogP contribution >= 0.6 is 23.5 Å².